The summed E-state index contributed by atoms with van der Waals surface area (Å²) in [5.41, 5.74) is 0. The molecule has 0 spiro atoms. The largest absolute Gasteiger partial charge is 0.476 e. The van der Waals surface area contributed by atoms with Gasteiger partial charge >= 0.3 is 6.18 Å². The topological polar surface area (TPSA) is 35.0 Å². The standard InChI is InChI=1S/C8H7Cl2F3N2O/c9-5-4-14-7(10)15-6(5)16-3-1-2-8(11,12)13/h4H,1-3H2. The Kier molecular flexibility index (Phi) is 4.61. The molecule has 0 aliphatic heterocycles. The molecule has 90 valence electrons. The fourth-order valence-electron chi connectivity index (χ4n) is 0.874. The molecule has 0 amide bonds. The zero-order chi connectivity index (χ0) is 12.2. The normalized spacial score (nSPS) is 11.6. The molecule has 0 aromatic carbocycles. The molecule has 0 aliphatic carbocycles. The number of ether oxygens (including phenoxy) is 1. The van der Waals surface area contributed by atoms with E-state index >= 15 is 0 Å². The molecule has 0 radical (unpaired) electrons. The predicted octanol–water partition coefficient (Wildman–Crippen LogP) is 3.50. The summed E-state index contributed by atoms with van der Waals surface area (Å²) in [6.45, 7) is -0.132. The molecule has 16 heavy (non-hydrogen) atoms. The molecule has 1 aromatic rings. The Morgan fingerprint density at radius 3 is 2.62 bits per heavy atom. The second kappa shape index (κ2) is 5.54. The van der Waals surface area contributed by atoms with Crippen molar-refractivity contribution in [2.75, 3.05) is 6.61 Å². The highest BCUT2D eigenvalue weighted by Crippen LogP contribution is 2.24. The van der Waals surface area contributed by atoms with Gasteiger partial charge in [0.15, 0.2) is 0 Å². The van der Waals surface area contributed by atoms with Crippen LogP contribution in [0.3, 0.4) is 0 Å². The van der Waals surface area contributed by atoms with Gasteiger partial charge in [0.2, 0.25) is 11.2 Å². The second-order valence-corrected chi connectivity index (χ2v) is 3.60. The summed E-state index contributed by atoms with van der Waals surface area (Å²) >= 11 is 11.1. The first kappa shape index (κ1) is 13.3. The van der Waals surface area contributed by atoms with Crippen LogP contribution >= 0.6 is 23.2 Å². The Morgan fingerprint density at radius 1 is 1.31 bits per heavy atom. The quantitative estimate of drug-likeness (QED) is 0.623. The SMILES string of the molecule is FC(F)(F)CCCOc1nc(Cl)ncc1Cl. The average molecular weight is 275 g/mol. The first-order valence-corrected chi connectivity index (χ1v) is 5.01. The zero-order valence-corrected chi connectivity index (χ0v) is 9.40. The lowest BCUT2D eigenvalue weighted by Crippen LogP contribution is -2.10. The van der Waals surface area contributed by atoms with E-state index in [4.69, 9.17) is 27.9 Å². The van der Waals surface area contributed by atoms with E-state index in [0.717, 1.165) is 0 Å². The Bertz CT molecular complexity index is 360. The monoisotopic (exact) mass is 274 g/mol. The third-order valence-electron chi connectivity index (χ3n) is 1.53. The summed E-state index contributed by atoms with van der Waals surface area (Å²) < 4.78 is 40.3. The first-order valence-electron chi connectivity index (χ1n) is 4.26. The van der Waals surface area contributed by atoms with E-state index in [1.54, 1.807) is 0 Å². The third kappa shape index (κ3) is 4.85. The van der Waals surface area contributed by atoms with Crippen molar-refractivity contribution in [3.63, 3.8) is 0 Å². The molecule has 1 aromatic heterocycles. The van der Waals surface area contributed by atoms with Gasteiger partial charge in [0.05, 0.1) is 12.8 Å². The molecule has 0 bridgehead atoms. The molecule has 1 rings (SSSR count). The van der Waals surface area contributed by atoms with E-state index in [1.807, 2.05) is 0 Å². The van der Waals surface area contributed by atoms with Gasteiger partial charge in [0.25, 0.3) is 0 Å². The molecule has 0 N–H and O–H groups in total. The Hall–Kier alpha value is -0.750. The van der Waals surface area contributed by atoms with E-state index in [1.165, 1.54) is 6.20 Å². The lowest BCUT2D eigenvalue weighted by Gasteiger charge is -2.08. The van der Waals surface area contributed by atoms with Crippen molar-refractivity contribution in [3.05, 3.63) is 16.5 Å². The van der Waals surface area contributed by atoms with Gasteiger partial charge in [-0.1, -0.05) is 11.6 Å². The maximum atomic E-state index is 11.8. The van der Waals surface area contributed by atoms with E-state index in [9.17, 15) is 13.2 Å². The molecule has 3 nitrogen and oxygen atoms in total. The van der Waals surface area contributed by atoms with Crippen molar-refractivity contribution in [1.29, 1.82) is 0 Å². The van der Waals surface area contributed by atoms with E-state index in [2.05, 4.69) is 9.97 Å². The smallest absolute Gasteiger partial charge is 0.389 e. The minimum atomic E-state index is -4.18. The summed E-state index contributed by atoms with van der Waals surface area (Å²) in [5.74, 6) is -0.0103. The van der Waals surface area contributed by atoms with Crippen LogP contribution in [0.25, 0.3) is 0 Å². The van der Waals surface area contributed by atoms with Crippen molar-refractivity contribution in [1.82, 2.24) is 9.97 Å². The zero-order valence-electron chi connectivity index (χ0n) is 7.89. The fraction of sp³-hybridized carbons (Fsp3) is 0.500. The molecule has 0 unspecified atom stereocenters. The Labute approximate surface area is 99.5 Å². The van der Waals surface area contributed by atoms with Crippen LogP contribution in [0.15, 0.2) is 6.20 Å². The molecule has 0 atom stereocenters. The van der Waals surface area contributed by atoms with Crippen LogP contribution in [0.2, 0.25) is 10.3 Å². The van der Waals surface area contributed by atoms with Gasteiger partial charge in [-0.2, -0.15) is 18.2 Å². The van der Waals surface area contributed by atoms with Gasteiger partial charge in [-0.15, -0.1) is 0 Å². The molecular formula is C8H7Cl2F3N2O. The van der Waals surface area contributed by atoms with Crippen molar-refractivity contribution in [2.24, 2.45) is 0 Å². The minimum absolute atomic E-state index is 0.0103. The average Bonchev–Trinajstić information content (AvgIpc) is 2.16. The van der Waals surface area contributed by atoms with Crippen molar-refractivity contribution < 1.29 is 17.9 Å². The summed E-state index contributed by atoms with van der Waals surface area (Å²) in [6, 6.07) is 0. The van der Waals surface area contributed by atoms with Crippen LogP contribution in [-0.4, -0.2) is 22.8 Å². The van der Waals surface area contributed by atoms with Gasteiger partial charge in [-0.3, -0.25) is 0 Å². The summed E-state index contributed by atoms with van der Waals surface area (Å²) in [4.78, 5) is 7.19. The maximum absolute atomic E-state index is 11.8. The molecular weight excluding hydrogens is 268 g/mol. The van der Waals surface area contributed by atoms with E-state index in [0.29, 0.717) is 0 Å². The van der Waals surface area contributed by atoms with E-state index < -0.39 is 12.6 Å². The minimum Gasteiger partial charge on any atom is -0.476 e. The van der Waals surface area contributed by atoms with Crippen LogP contribution in [0, 0.1) is 0 Å². The van der Waals surface area contributed by atoms with Gasteiger partial charge in [0.1, 0.15) is 5.02 Å². The fourth-order valence-corrected chi connectivity index (χ4v) is 1.15. The van der Waals surface area contributed by atoms with Crippen molar-refractivity contribution in [2.45, 2.75) is 19.0 Å². The number of aromatic nitrogens is 2. The molecule has 0 fully saturated rings. The Balaban J connectivity index is 2.40. The maximum Gasteiger partial charge on any atom is 0.389 e. The highest BCUT2D eigenvalue weighted by molar-refractivity contribution is 6.32. The van der Waals surface area contributed by atoms with Gasteiger partial charge < -0.3 is 4.74 Å². The van der Waals surface area contributed by atoms with Crippen molar-refractivity contribution in [3.8, 4) is 5.88 Å². The molecule has 0 aliphatic rings. The number of alkyl halides is 3. The summed E-state index contributed by atoms with van der Waals surface area (Å²) in [7, 11) is 0. The number of halogens is 5. The predicted molar refractivity (Wildman–Crippen MR) is 52.8 cm³/mol. The second-order valence-electron chi connectivity index (χ2n) is 2.86. The van der Waals surface area contributed by atoms with E-state index in [-0.39, 0.29) is 29.2 Å². The van der Waals surface area contributed by atoms with Crippen LogP contribution in [-0.2, 0) is 0 Å². The number of hydrogen-bond donors (Lipinski definition) is 0. The summed E-state index contributed by atoms with van der Waals surface area (Å²) in [5, 5.41) is 0.0339. The highest BCUT2D eigenvalue weighted by atomic mass is 35.5. The third-order valence-corrected chi connectivity index (χ3v) is 1.97. The molecule has 8 heteroatoms. The molecule has 1 heterocycles. The lowest BCUT2D eigenvalue weighted by molar-refractivity contribution is -0.136. The van der Waals surface area contributed by atoms with Crippen LogP contribution < -0.4 is 4.74 Å². The first-order chi connectivity index (χ1) is 7.38. The highest BCUT2D eigenvalue weighted by Gasteiger charge is 2.26. The van der Waals surface area contributed by atoms with Crippen LogP contribution in [0.4, 0.5) is 13.2 Å². The molecule has 0 saturated heterocycles. The molecule has 0 saturated carbocycles. The van der Waals surface area contributed by atoms with Gasteiger partial charge in [-0.25, -0.2) is 4.98 Å². The van der Waals surface area contributed by atoms with Gasteiger partial charge in [0, 0.05) is 6.42 Å². The van der Waals surface area contributed by atoms with Crippen LogP contribution in [0.1, 0.15) is 12.8 Å². The van der Waals surface area contributed by atoms with Crippen molar-refractivity contribution >= 4 is 23.2 Å². The Morgan fingerprint density at radius 2 is 2.00 bits per heavy atom. The van der Waals surface area contributed by atoms with Crippen LogP contribution in [0.5, 0.6) is 5.88 Å². The lowest BCUT2D eigenvalue weighted by atomic mass is 10.3. The number of nitrogens with zero attached hydrogens (tertiary/aromatic N) is 2. The van der Waals surface area contributed by atoms with Gasteiger partial charge in [-0.05, 0) is 18.0 Å². The number of hydrogen-bond acceptors (Lipinski definition) is 3. The number of rotatable bonds is 4. The summed E-state index contributed by atoms with van der Waals surface area (Å²) in [6.07, 6.45) is -4.04.